The fraction of sp³-hybridized carbons (Fsp3) is 0.476. The number of nitrogens with one attached hydrogen (secondary N) is 2. The van der Waals surface area contributed by atoms with Crippen LogP contribution in [0.3, 0.4) is 0 Å². The fourth-order valence-corrected chi connectivity index (χ4v) is 3.40. The first kappa shape index (κ1) is 26.1. The molecule has 0 unspecified atom stereocenters. The molecule has 1 saturated heterocycles. The summed E-state index contributed by atoms with van der Waals surface area (Å²) in [4.78, 5) is 17.3. The predicted molar refractivity (Wildman–Crippen MR) is 130 cm³/mol. The lowest BCUT2D eigenvalue weighted by Crippen LogP contribution is -2.47. The van der Waals surface area contributed by atoms with Gasteiger partial charge in [-0.15, -0.1) is 24.0 Å². The molecule has 1 aromatic carbocycles. The molecule has 2 N–H and O–H groups in total. The number of anilines is 1. The molecule has 1 fully saturated rings. The van der Waals surface area contributed by atoms with Crippen LogP contribution in [0.15, 0.2) is 47.7 Å². The van der Waals surface area contributed by atoms with Crippen LogP contribution in [-0.4, -0.2) is 67.1 Å². The fourth-order valence-electron chi connectivity index (χ4n) is 3.40. The van der Waals surface area contributed by atoms with E-state index in [1.54, 1.807) is 25.5 Å². The maximum absolute atomic E-state index is 12.8. The number of guanidine groups is 1. The Balaban J connectivity index is 0.00000363. The second-order valence-electron chi connectivity index (χ2n) is 7.28. The van der Waals surface area contributed by atoms with Crippen LogP contribution >= 0.6 is 24.0 Å². The first-order valence-corrected chi connectivity index (χ1v) is 10.3. The Kier molecular flexibility index (Phi) is 10.4. The summed E-state index contributed by atoms with van der Waals surface area (Å²) >= 11 is 0. The quantitative estimate of drug-likeness (QED) is 0.234. The van der Waals surface area contributed by atoms with Gasteiger partial charge in [0.05, 0.1) is 5.56 Å². The van der Waals surface area contributed by atoms with E-state index in [1.165, 1.54) is 6.07 Å². The maximum atomic E-state index is 12.8. The molecular weight excluding hydrogens is 534 g/mol. The van der Waals surface area contributed by atoms with Crippen molar-refractivity contribution >= 4 is 35.9 Å². The molecule has 2 heterocycles. The smallest absolute Gasteiger partial charge is 0.356 e. The number of piperazine rings is 1. The summed E-state index contributed by atoms with van der Waals surface area (Å²) in [6, 6.07) is 7.12. The maximum Gasteiger partial charge on any atom is 0.416 e. The van der Waals surface area contributed by atoms with Crippen LogP contribution in [0, 0.1) is 0 Å². The summed E-state index contributed by atoms with van der Waals surface area (Å²) in [5, 5.41) is 6.28. The average Bonchev–Trinajstić information content (AvgIpc) is 2.79. The summed E-state index contributed by atoms with van der Waals surface area (Å²) in [5.41, 5.74) is -0.0910. The third-order valence-corrected chi connectivity index (χ3v) is 5.09. The van der Waals surface area contributed by atoms with E-state index in [1.807, 2.05) is 6.07 Å². The van der Waals surface area contributed by atoms with E-state index < -0.39 is 11.7 Å². The van der Waals surface area contributed by atoms with Crippen molar-refractivity contribution in [3.8, 4) is 0 Å². The van der Waals surface area contributed by atoms with Crippen LogP contribution in [0.2, 0.25) is 0 Å². The number of benzene rings is 1. The van der Waals surface area contributed by atoms with Gasteiger partial charge in [0.2, 0.25) is 5.95 Å². The highest BCUT2D eigenvalue weighted by Gasteiger charge is 2.30. The van der Waals surface area contributed by atoms with E-state index >= 15 is 0 Å². The van der Waals surface area contributed by atoms with Gasteiger partial charge in [0.15, 0.2) is 5.96 Å². The number of aromatic nitrogens is 2. The summed E-state index contributed by atoms with van der Waals surface area (Å²) in [5.74, 6) is 1.35. The second-order valence-corrected chi connectivity index (χ2v) is 7.28. The minimum absolute atomic E-state index is 0. The van der Waals surface area contributed by atoms with Crippen LogP contribution in [-0.2, 0) is 12.7 Å². The van der Waals surface area contributed by atoms with E-state index in [0.717, 1.165) is 63.8 Å². The average molecular weight is 563 g/mol. The predicted octanol–water partition coefficient (Wildman–Crippen LogP) is 2.99. The number of halogens is 4. The van der Waals surface area contributed by atoms with E-state index in [9.17, 15) is 13.2 Å². The van der Waals surface area contributed by atoms with Gasteiger partial charge in [0, 0.05) is 58.7 Å². The van der Waals surface area contributed by atoms with Crippen molar-refractivity contribution in [1.82, 2.24) is 25.5 Å². The highest BCUT2D eigenvalue weighted by molar-refractivity contribution is 14.0. The number of nitrogens with zero attached hydrogens (tertiary/aromatic N) is 5. The van der Waals surface area contributed by atoms with Crippen LogP contribution in [0.5, 0.6) is 0 Å². The number of alkyl halides is 3. The first-order valence-electron chi connectivity index (χ1n) is 10.3. The molecule has 0 saturated carbocycles. The lowest BCUT2D eigenvalue weighted by molar-refractivity contribution is -0.137. The zero-order valence-electron chi connectivity index (χ0n) is 18.0. The molecule has 2 aromatic rings. The van der Waals surface area contributed by atoms with Crippen molar-refractivity contribution in [2.75, 3.05) is 51.2 Å². The van der Waals surface area contributed by atoms with Crippen LogP contribution < -0.4 is 15.5 Å². The van der Waals surface area contributed by atoms with E-state index in [4.69, 9.17) is 0 Å². The molecule has 3 rings (SSSR count). The third kappa shape index (κ3) is 8.08. The lowest BCUT2D eigenvalue weighted by Gasteiger charge is -2.34. The van der Waals surface area contributed by atoms with Crippen LogP contribution in [0.1, 0.15) is 17.5 Å². The van der Waals surface area contributed by atoms with Crippen molar-refractivity contribution in [2.45, 2.75) is 19.1 Å². The Morgan fingerprint density at radius 1 is 1.06 bits per heavy atom. The molecule has 0 atom stereocenters. The van der Waals surface area contributed by atoms with Gasteiger partial charge in [-0.25, -0.2) is 9.97 Å². The van der Waals surface area contributed by atoms with Crippen molar-refractivity contribution in [3.05, 3.63) is 53.9 Å². The molecule has 11 heteroatoms. The van der Waals surface area contributed by atoms with Gasteiger partial charge < -0.3 is 15.5 Å². The Bertz CT molecular complexity index is 841. The number of hydrogen-bond donors (Lipinski definition) is 2. The normalized spacial score (nSPS) is 15.2. The summed E-state index contributed by atoms with van der Waals surface area (Å²) < 4.78 is 38.5. The van der Waals surface area contributed by atoms with Crippen molar-refractivity contribution in [2.24, 2.45) is 4.99 Å². The van der Waals surface area contributed by atoms with Crippen molar-refractivity contribution in [1.29, 1.82) is 0 Å². The van der Waals surface area contributed by atoms with Crippen LogP contribution in [0.4, 0.5) is 19.1 Å². The Morgan fingerprint density at radius 3 is 2.44 bits per heavy atom. The molecule has 0 bridgehead atoms. The molecule has 0 aliphatic carbocycles. The topological polar surface area (TPSA) is 68.7 Å². The van der Waals surface area contributed by atoms with Gasteiger partial charge in [-0.05, 0) is 36.7 Å². The van der Waals surface area contributed by atoms with E-state index in [2.05, 4.69) is 35.4 Å². The molecule has 7 nitrogen and oxygen atoms in total. The zero-order valence-corrected chi connectivity index (χ0v) is 20.3. The van der Waals surface area contributed by atoms with Gasteiger partial charge in [0.25, 0.3) is 0 Å². The monoisotopic (exact) mass is 563 g/mol. The molecule has 176 valence electrons. The van der Waals surface area contributed by atoms with E-state index in [0.29, 0.717) is 11.5 Å². The van der Waals surface area contributed by atoms with Crippen molar-refractivity contribution in [3.63, 3.8) is 0 Å². The van der Waals surface area contributed by atoms with Crippen LogP contribution in [0.25, 0.3) is 0 Å². The zero-order chi connectivity index (χ0) is 22.1. The van der Waals surface area contributed by atoms with Gasteiger partial charge in [-0.3, -0.25) is 9.89 Å². The highest BCUT2D eigenvalue weighted by atomic mass is 127. The molecular formula is C21H29F3IN7. The van der Waals surface area contributed by atoms with Crippen molar-refractivity contribution < 1.29 is 13.2 Å². The van der Waals surface area contributed by atoms with Gasteiger partial charge in [-0.1, -0.05) is 12.1 Å². The Morgan fingerprint density at radius 2 is 1.78 bits per heavy atom. The summed E-state index contributed by atoms with van der Waals surface area (Å²) in [6.07, 6.45) is 0.115. The minimum Gasteiger partial charge on any atom is -0.356 e. The first-order chi connectivity index (χ1) is 15.0. The number of hydrogen-bond acceptors (Lipinski definition) is 5. The third-order valence-electron chi connectivity index (χ3n) is 5.09. The lowest BCUT2D eigenvalue weighted by atomic mass is 10.1. The second kappa shape index (κ2) is 12.8. The molecule has 1 aromatic heterocycles. The highest BCUT2D eigenvalue weighted by Crippen LogP contribution is 2.29. The standard InChI is InChI=1S/C21H28F3N7.HI/c1-25-19(29-16-17-5-2-6-18(15-17)21(22,23)24)26-9-4-10-30-11-13-31(14-12-30)20-27-7-3-8-28-20;/h2-3,5-8,15H,4,9-14,16H2,1H3,(H2,25,26,29);1H. The summed E-state index contributed by atoms with van der Waals surface area (Å²) in [6.45, 7) is 5.68. The van der Waals surface area contributed by atoms with Gasteiger partial charge in [-0.2, -0.15) is 13.2 Å². The summed E-state index contributed by atoms with van der Waals surface area (Å²) in [7, 11) is 1.65. The van der Waals surface area contributed by atoms with E-state index in [-0.39, 0.29) is 30.5 Å². The number of rotatable bonds is 7. The molecule has 32 heavy (non-hydrogen) atoms. The Hall–Kier alpha value is -2.15. The minimum atomic E-state index is -4.34. The number of aliphatic imine (C=N–C) groups is 1. The molecule has 0 spiro atoms. The molecule has 0 amide bonds. The largest absolute Gasteiger partial charge is 0.416 e. The Labute approximate surface area is 203 Å². The molecule has 1 aliphatic heterocycles. The molecule has 0 radical (unpaired) electrons. The van der Waals surface area contributed by atoms with Gasteiger partial charge in [0.1, 0.15) is 0 Å². The SMILES string of the molecule is CN=C(NCCCN1CCN(c2ncccn2)CC1)NCc1cccc(C(F)(F)F)c1.I. The molecule has 1 aliphatic rings. The van der Waals surface area contributed by atoms with Gasteiger partial charge >= 0.3 is 6.18 Å².